The molecule has 6 heteroatoms. The zero-order valence-corrected chi connectivity index (χ0v) is 15.7. The van der Waals surface area contributed by atoms with E-state index in [0.717, 1.165) is 17.7 Å². The SMILES string of the molecule is COc1ccc(/C=C(\C#N)C(=O)O[C@@H](C)C(=O)N2CCc3ccccc32)cc1. The van der Waals surface area contributed by atoms with E-state index in [1.54, 1.807) is 36.3 Å². The molecule has 2 aromatic rings. The Morgan fingerprint density at radius 1 is 1.18 bits per heavy atom. The maximum atomic E-state index is 12.7. The van der Waals surface area contributed by atoms with Crippen molar-refractivity contribution in [2.75, 3.05) is 18.6 Å². The molecule has 0 fully saturated rings. The fraction of sp³-hybridized carbons (Fsp3) is 0.227. The maximum absolute atomic E-state index is 12.7. The van der Waals surface area contributed by atoms with E-state index in [4.69, 9.17) is 9.47 Å². The number of nitrogens with zero attached hydrogens (tertiary/aromatic N) is 2. The molecule has 0 spiro atoms. The van der Waals surface area contributed by atoms with Crippen molar-refractivity contribution >= 4 is 23.6 Å². The van der Waals surface area contributed by atoms with Crippen molar-refractivity contribution in [2.24, 2.45) is 0 Å². The molecule has 1 atom stereocenters. The zero-order chi connectivity index (χ0) is 20.1. The quantitative estimate of drug-likeness (QED) is 0.455. The first-order chi connectivity index (χ1) is 13.5. The standard InChI is InChI=1S/C22H20N2O4/c1-15(21(25)24-12-11-17-5-3-4-6-20(17)24)28-22(26)18(14-23)13-16-7-9-19(27-2)10-8-16/h3-10,13,15H,11-12H2,1-2H3/b18-13+/t15-/m0/s1. The minimum atomic E-state index is -0.994. The van der Waals surface area contributed by atoms with Crippen molar-refractivity contribution in [3.8, 4) is 11.8 Å². The third-order valence-electron chi connectivity index (χ3n) is 4.55. The number of benzene rings is 2. The zero-order valence-electron chi connectivity index (χ0n) is 15.7. The largest absolute Gasteiger partial charge is 0.497 e. The first-order valence-electron chi connectivity index (χ1n) is 8.89. The normalized spacial score (nSPS) is 14.0. The van der Waals surface area contributed by atoms with Gasteiger partial charge in [0.05, 0.1) is 7.11 Å². The van der Waals surface area contributed by atoms with Gasteiger partial charge in [-0.05, 0) is 48.7 Å². The van der Waals surface area contributed by atoms with Crippen LogP contribution in [0.15, 0.2) is 54.1 Å². The molecule has 0 aliphatic carbocycles. The van der Waals surface area contributed by atoms with Crippen LogP contribution in [-0.4, -0.2) is 31.6 Å². The minimum Gasteiger partial charge on any atom is -0.497 e. The summed E-state index contributed by atoms with van der Waals surface area (Å²) in [5.41, 5.74) is 2.41. The van der Waals surface area contributed by atoms with Gasteiger partial charge in [0.2, 0.25) is 0 Å². The van der Waals surface area contributed by atoms with Crippen molar-refractivity contribution in [1.29, 1.82) is 5.26 Å². The van der Waals surface area contributed by atoms with Crippen LogP contribution in [0, 0.1) is 11.3 Å². The fourth-order valence-electron chi connectivity index (χ4n) is 3.06. The molecule has 0 unspecified atom stereocenters. The number of hydrogen-bond acceptors (Lipinski definition) is 5. The second kappa shape index (κ2) is 8.40. The highest BCUT2D eigenvalue weighted by Gasteiger charge is 2.30. The molecule has 0 aromatic heterocycles. The number of carbonyl (C=O) groups excluding carboxylic acids is 2. The highest BCUT2D eigenvalue weighted by atomic mass is 16.5. The van der Waals surface area contributed by atoms with Crippen molar-refractivity contribution in [2.45, 2.75) is 19.4 Å². The third kappa shape index (κ3) is 4.04. The molecule has 0 radical (unpaired) electrons. The summed E-state index contributed by atoms with van der Waals surface area (Å²) in [5, 5.41) is 9.31. The van der Waals surface area contributed by atoms with Gasteiger partial charge in [-0.15, -0.1) is 0 Å². The summed E-state index contributed by atoms with van der Waals surface area (Å²) in [4.78, 5) is 26.7. The van der Waals surface area contributed by atoms with Gasteiger partial charge in [-0.1, -0.05) is 30.3 Å². The highest BCUT2D eigenvalue weighted by molar-refractivity contribution is 6.02. The monoisotopic (exact) mass is 376 g/mol. The Labute approximate surface area is 163 Å². The lowest BCUT2D eigenvalue weighted by molar-refractivity contribution is -0.149. The van der Waals surface area contributed by atoms with E-state index in [0.29, 0.717) is 17.9 Å². The molecule has 0 saturated heterocycles. The van der Waals surface area contributed by atoms with E-state index < -0.39 is 12.1 Å². The summed E-state index contributed by atoms with van der Waals surface area (Å²) in [7, 11) is 1.56. The van der Waals surface area contributed by atoms with Crippen molar-refractivity contribution < 1.29 is 19.1 Å². The lowest BCUT2D eigenvalue weighted by atomic mass is 10.1. The molecule has 1 heterocycles. The highest BCUT2D eigenvalue weighted by Crippen LogP contribution is 2.28. The molecular weight excluding hydrogens is 356 g/mol. The Kier molecular flexibility index (Phi) is 5.75. The van der Waals surface area contributed by atoms with Crippen LogP contribution in [0.25, 0.3) is 6.08 Å². The molecule has 1 aliphatic rings. The summed E-state index contributed by atoms with van der Waals surface area (Å²) in [6.45, 7) is 2.07. The fourth-order valence-corrected chi connectivity index (χ4v) is 3.06. The summed E-state index contributed by atoms with van der Waals surface area (Å²) < 4.78 is 10.3. The van der Waals surface area contributed by atoms with Gasteiger partial charge >= 0.3 is 5.97 Å². The first-order valence-corrected chi connectivity index (χ1v) is 8.89. The maximum Gasteiger partial charge on any atom is 0.349 e. The topological polar surface area (TPSA) is 79.6 Å². The predicted octanol–water partition coefficient (Wildman–Crippen LogP) is 3.12. The molecule has 1 amide bonds. The molecule has 0 bridgehead atoms. The number of esters is 1. The Balaban J connectivity index is 1.69. The van der Waals surface area contributed by atoms with Gasteiger partial charge in [0.1, 0.15) is 17.4 Å². The molecule has 2 aromatic carbocycles. The number of amides is 1. The Morgan fingerprint density at radius 2 is 1.89 bits per heavy atom. The second-order valence-corrected chi connectivity index (χ2v) is 6.36. The Morgan fingerprint density at radius 3 is 2.57 bits per heavy atom. The Bertz CT molecular complexity index is 957. The van der Waals surface area contributed by atoms with Crippen LogP contribution in [0.2, 0.25) is 0 Å². The van der Waals surface area contributed by atoms with Crippen LogP contribution in [0.3, 0.4) is 0 Å². The number of methoxy groups -OCH3 is 1. The molecule has 3 rings (SSSR count). The third-order valence-corrected chi connectivity index (χ3v) is 4.55. The van der Waals surface area contributed by atoms with E-state index >= 15 is 0 Å². The average Bonchev–Trinajstić information content (AvgIpc) is 3.15. The molecule has 0 saturated carbocycles. The molecular formula is C22H20N2O4. The van der Waals surface area contributed by atoms with Gasteiger partial charge in [-0.3, -0.25) is 4.79 Å². The summed E-state index contributed by atoms with van der Waals surface area (Å²) in [6.07, 6.45) is 1.19. The lowest BCUT2D eigenvalue weighted by Gasteiger charge is -2.21. The van der Waals surface area contributed by atoms with Crippen LogP contribution in [0.1, 0.15) is 18.1 Å². The van der Waals surface area contributed by atoms with Gasteiger partial charge in [0, 0.05) is 12.2 Å². The van der Waals surface area contributed by atoms with Crippen LogP contribution in [0.4, 0.5) is 5.69 Å². The number of rotatable bonds is 5. The van der Waals surface area contributed by atoms with E-state index in [2.05, 4.69) is 0 Å². The van der Waals surface area contributed by atoms with Crippen molar-refractivity contribution in [3.05, 3.63) is 65.2 Å². The van der Waals surface area contributed by atoms with Crippen molar-refractivity contribution in [3.63, 3.8) is 0 Å². The Hall–Kier alpha value is -3.59. The predicted molar refractivity (Wildman–Crippen MR) is 105 cm³/mol. The summed E-state index contributed by atoms with van der Waals surface area (Å²) in [5.74, 6) is -0.463. The molecule has 1 aliphatic heterocycles. The van der Waals surface area contributed by atoms with Gasteiger partial charge < -0.3 is 14.4 Å². The van der Waals surface area contributed by atoms with Crippen molar-refractivity contribution in [1.82, 2.24) is 0 Å². The number of para-hydroxylation sites is 1. The number of fused-ring (bicyclic) bond motifs is 1. The molecule has 0 N–H and O–H groups in total. The van der Waals surface area contributed by atoms with Crippen LogP contribution in [-0.2, 0) is 20.7 Å². The van der Waals surface area contributed by atoms with E-state index in [9.17, 15) is 14.9 Å². The van der Waals surface area contributed by atoms with Gasteiger partial charge in [-0.2, -0.15) is 5.26 Å². The van der Waals surface area contributed by atoms with Crippen LogP contribution >= 0.6 is 0 Å². The number of hydrogen-bond donors (Lipinski definition) is 0. The smallest absolute Gasteiger partial charge is 0.349 e. The number of nitriles is 1. The van der Waals surface area contributed by atoms with Gasteiger partial charge in [-0.25, -0.2) is 4.79 Å². The summed E-state index contributed by atoms with van der Waals surface area (Å²) >= 11 is 0. The van der Waals surface area contributed by atoms with Crippen LogP contribution in [0.5, 0.6) is 5.75 Å². The number of ether oxygens (including phenoxy) is 2. The van der Waals surface area contributed by atoms with E-state index in [1.807, 2.05) is 30.3 Å². The lowest BCUT2D eigenvalue weighted by Crippen LogP contribution is -2.39. The second-order valence-electron chi connectivity index (χ2n) is 6.36. The molecule has 6 nitrogen and oxygen atoms in total. The van der Waals surface area contributed by atoms with Gasteiger partial charge in [0.15, 0.2) is 6.10 Å². The van der Waals surface area contributed by atoms with Crippen LogP contribution < -0.4 is 9.64 Å². The van der Waals surface area contributed by atoms with Gasteiger partial charge in [0.25, 0.3) is 5.91 Å². The summed E-state index contributed by atoms with van der Waals surface area (Å²) in [6, 6.07) is 16.4. The molecule has 28 heavy (non-hydrogen) atoms. The van der Waals surface area contributed by atoms with E-state index in [-0.39, 0.29) is 11.5 Å². The first kappa shape index (κ1) is 19.2. The average molecular weight is 376 g/mol. The van der Waals surface area contributed by atoms with E-state index in [1.165, 1.54) is 13.0 Å². The minimum absolute atomic E-state index is 0.174. The number of carbonyl (C=O) groups is 2. The molecule has 142 valence electrons. The number of anilines is 1.